The van der Waals surface area contributed by atoms with E-state index in [1.54, 1.807) is 30.3 Å². The molecule has 40 heavy (non-hydrogen) atoms. The van der Waals surface area contributed by atoms with Crippen LogP contribution in [0.2, 0.25) is 0 Å². The number of anilines is 1. The SMILES string of the molecule is COc1cc(OC(F)(F)F)cc(C(C)(C)c2cc(Br)cc(N=C(N)c3cc4cc(NS(C)(=O)=O)cnc4s3)c2)c1. The molecule has 0 atom stereocenters. The highest BCUT2D eigenvalue weighted by Gasteiger charge is 2.33. The van der Waals surface area contributed by atoms with Gasteiger partial charge in [0.05, 0.1) is 35.8 Å². The zero-order valence-electron chi connectivity index (χ0n) is 21.6. The molecule has 4 aromatic rings. The van der Waals surface area contributed by atoms with E-state index in [0.717, 1.165) is 11.8 Å². The lowest BCUT2D eigenvalue weighted by molar-refractivity contribution is -0.274. The van der Waals surface area contributed by atoms with Gasteiger partial charge in [-0.2, -0.15) is 0 Å². The van der Waals surface area contributed by atoms with Crippen molar-refractivity contribution >= 4 is 64.7 Å². The minimum atomic E-state index is -4.85. The highest BCUT2D eigenvalue weighted by molar-refractivity contribution is 9.10. The average molecular weight is 658 g/mol. The molecule has 0 unspecified atom stereocenters. The van der Waals surface area contributed by atoms with Crippen molar-refractivity contribution in [3.63, 3.8) is 0 Å². The van der Waals surface area contributed by atoms with E-state index in [0.29, 0.717) is 36.5 Å². The van der Waals surface area contributed by atoms with Crippen LogP contribution in [0.3, 0.4) is 0 Å². The molecule has 0 fully saturated rings. The Labute approximate surface area is 241 Å². The van der Waals surface area contributed by atoms with Crippen LogP contribution in [-0.2, 0) is 15.4 Å². The molecule has 0 bridgehead atoms. The van der Waals surface area contributed by atoms with Crippen molar-refractivity contribution in [2.75, 3.05) is 18.1 Å². The monoisotopic (exact) mass is 656 g/mol. The van der Waals surface area contributed by atoms with Crippen molar-refractivity contribution in [1.29, 1.82) is 0 Å². The van der Waals surface area contributed by atoms with Gasteiger partial charge in [0.15, 0.2) is 0 Å². The number of rotatable bonds is 8. The third kappa shape index (κ3) is 7.23. The van der Waals surface area contributed by atoms with Gasteiger partial charge in [-0.25, -0.2) is 18.4 Å². The molecule has 0 radical (unpaired) electrons. The Hall–Kier alpha value is -3.36. The Bertz CT molecular complexity index is 1720. The van der Waals surface area contributed by atoms with Gasteiger partial charge in [0.25, 0.3) is 0 Å². The number of nitrogens with one attached hydrogen (secondary N) is 1. The van der Waals surface area contributed by atoms with Crippen LogP contribution in [0.25, 0.3) is 10.2 Å². The quantitative estimate of drug-likeness (QED) is 0.161. The van der Waals surface area contributed by atoms with Crippen molar-refractivity contribution in [3.05, 3.63) is 75.2 Å². The number of amidine groups is 1. The van der Waals surface area contributed by atoms with E-state index in [-0.39, 0.29) is 17.3 Å². The first-order valence-electron chi connectivity index (χ1n) is 11.5. The van der Waals surface area contributed by atoms with Crippen LogP contribution in [-0.4, -0.2) is 39.0 Å². The molecule has 3 N–H and O–H groups in total. The van der Waals surface area contributed by atoms with Crippen molar-refractivity contribution in [3.8, 4) is 11.5 Å². The highest BCUT2D eigenvalue weighted by Crippen LogP contribution is 2.40. The first-order valence-corrected chi connectivity index (χ1v) is 15.0. The van der Waals surface area contributed by atoms with Gasteiger partial charge in [-0.05, 0) is 53.6 Å². The molecule has 4 rings (SSSR count). The van der Waals surface area contributed by atoms with Gasteiger partial charge in [-0.1, -0.05) is 29.8 Å². The molecule has 212 valence electrons. The molecule has 0 amide bonds. The van der Waals surface area contributed by atoms with Crippen LogP contribution in [0.1, 0.15) is 29.9 Å². The summed E-state index contributed by atoms with van der Waals surface area (Å²) in [4.78, 5) is 10.1. The van der Waals surface area contributed by atoms with E-state index >= 15 is 0 Å². The normalized spacial score (nSPS) is 12.9. The van der Waals surface area contributed by atoms with E-state index in [4.69, 9.17) is 10.5 Å². The summed E-state index contributed by atoms with van der Waals surface area (Å²) in [6.07, 6.45) is -2.38. The molecule has 2 heterocycles. The minimum absolute atomic E-state index is 0.213. The summed E-state index contributed by atoms with van der Waals surface area (Å²) in [6, 6.07) is 13.0. The number of sulfonamides is 1. The number of hydrogen-bond donors (Lipinski definition) is 2. The standard InChI is InChI=1S/C26H24BrF3N4O4S2/c1-25(2,16-9-20(37-3)12-21(10-16)38-26(28,29)30)15-7-17(27)11-18(8-15)33-23(31)22-6-14-5-19(34-40(4,35)36)13-32-24(14)39-22/h5-13,34H,1-4H3,(H2,31,33). The number of aromatic nitrogens is 1. The van der Waals surface area contributed by atoms with Crippen LogP contribution in [0, 0.1) is 0 Å². The summed E-state index contributed by atoms with van der Waals surface area (Å²) in [5.74, 6) is 0.0426. The molecule has 0 spiro atoms. The van der Waals surface area contributed by atoms with E-state index in [2.05, 4.69) is 35.4 Å². The van der Waals surface area contributed by atoms with E-state index in [1.165, 1.54) is 36.8 Å². The fourth-order valence-corrected chi connectivity index (χ4v) is 5.84. The summed E-state index contributed by atoms with van der Waals surface area (Å²) in [7, 11) is -2.09. The van der Waals surface area contributed by atoms with Crippen LogP contribution in [0.15, 0.2) is 64.2 Å². The van der Waals surface area contributed by atoms with Crippen LogP contribution >= 0.6 is 27.3 Å². The zero-order chi connectivity index (χ0) is 29.5. The number of nitrogens with zero attached hydrogens (tertiary/aromatic N) is 2. The molecule has 0 aliphatic rings. The Morgan fingerprint density at radius 3 is 2.38 bits per heavy atom. The lowest BCUT2D eigenvalue weighted by atomic mass is 9.78. The Morgan fingerprint density at radius 1 is 1.05 bits per heavy atom. The number of fused-ring (bicyclic) bond motifs is 1. The summed E-state index contributed by atoms with van der Waals surface area (Å²) in [6.45, 7) is 3.72. The molecular formula is C26H24BrF3N4O4S2. The lowest BCUT2D eigenvalue weighted by Crippen LogP contribution is -2.21. The number of benzene rings is 2. The van der Waals surface area contributed by atoms with E-state index in [1.807, 2.05) is 19.9 Å². The number of pyridine rings is 1. The van der Waals surface area contributed by atoms with E-state index in [9.17, 15) is 21.6 Å². The second-order valence-corrected chi connectivity index (χ2v) is 13.1. The van der Waals surface area contributed by atoms with Gasteiger partial charge in [0, 0.05) is 21.3 Å². The van der Waals surface area contributed by atoms with Crippen LogP contribution in [0.5, 0.6) is 11.5 Å². The number of methoxy groups -OCH3 is 1. The predicted octanol–water partition coefficient (Wildman–Crippen LogP) is 6.70. The van der Waals surface area contributed by atoms with Gasteiger partial charge >= 0.3 is 6.36 Å². The van der Waals surface area contributed by atoms with Gasteiger partial charge in [0.2, 0.25) is 10.0 Å². The fraction of sp³-hybridized carbons (Fsp3) is 0.231. The van der Waals surface area contributed by atoms with Gasteiger partial charge < -0.3 is 15.2 Å². The number of alkyl halides is 3. The molecule has 2 aromatic carbocycles. The number of halogens is 4. The van der Waals surface area contributed by atoms with Crippen LogP contribution in [0.4, 0.5) is 24.5 Å². The third-order valence-electron chi connectivity index (χ3n) is 5.85. The van der Waals surface area contributed by atoms with Crippen molar-refractivity contribution < 1.29 is 31.1 Å². The maximum atomic E-state index is 12.9. The second-order valence-electron chi connectivity index (χ2n) is 9.37. The predicted molar refractivity (Wildman–Crippen MR) is 154 cm³/mol. The number of nitrogens with two attached hydrogens (primary N) is 1. The molecular weight excluding hydrogens is 633 g/mol. The lowest BCUT2D eigenvalue weighted by Gasteiger charge is -2.28. The summed E-state index contributed by atoms with van der Waals surface area (Å²) in [5.41, 5.74) is 7.66. The third-order valence-corrected chi connectivity index (χ3v) is 8.00. The maximum absolute atomic E-state index is 12.9. The fourth-order valence-electron chi connectivity index (χ4n) is 3.93. The van der Waals surface area contributed by atoms with E-state index < -0.39 is 21.8 Å². The number of ether oxygens (including phenoxy) is 2. The highest BCUT2D eigenvalue weighted by atomic mass is 79.9. The smallest absolute Gasteiger partial charge is 0.497 e. The minimum Gasteiger partial charge on any atom is -0.497 e. The zero-order valence-corrected chi connectivity index (χ0v) is 24.8. The van der Waals surface area contributed by atoms with Crippen molar-refractivity contribution in [2.24, 2.45) is 10.7 Å². The Balaban J connectivity index is 1.70. The number of hydrogen-bond acceptors (Lipinski definition) is 7. The molecule has 8 nitrogen and oxygen atoms in total. The van der Waals surface area contributed by atoms with Crippen LogP contribution < -0.4 is 19.9 Å². The first-order chi connectivity index (χ1) is 18.5. The van der Waals surface area contributed by atoms with Gasteiger partial charge in [-0.15, -0.1) is 24.5 Å². The summed E-state index contributed by atoms with van der Waals surface area (Å²) < 4.78 is 74.3. The van der Waals surface area contributed by atoms with Gasteiger partial charge in [0.1, 0.15) is 22.2 Å². The topological polar surface area (TPSA) is 116 Å². The second kappa shape index (κ2) is 10.9. The summed E-state index contributed by atoms with van der Waals surface area (Å²) >= 11 is 4.79. The Morgan fingerprint density at radius 2 is 1.73 bits per heavy atom. The molecule has 2 aromatic heterocycles. The molecule has 0 saturated heterocycles. The largest absolute Gasteiger partial charge is 0.573 e. The van der Waals surface area contributed by atoms with Crippen molar-refractivity contribution in [2.45, 2.75) is 25.6 Å². The number of thiophene rings is 1. The summed E-state index contributed by atoms with van der Waals surface area (Å²) in [5, 5.41) is 0.692. The molecule has 0 saturated carbocycles. The van der Waals surface area contributed by atoms with Crippen molar-refractivity contribution in [1.82, 2.24) is 4.98 Å². The molecule has 0 aliphatic carbocycles. The molecule has 14 heteroatoms. The molecule has 0 aliphatic heterocycles. The Kier molecular flexibility index (Phi) is 8.07. The average Bonchev–Trinajstić information content (AvgIpc) is 3.25. The number of aliphatic imine (C=N–C) groups is 1. The van der Waals surface area contributed by atoms with Gasteiger partial charge in [-0.3, -0.25) is 4.72 Å². The maximum Gasteiger partial charge on any atom is 0.573 e. The first kappa shape index (κ1) is 29.6.